The average molecular weight is 1080 g/mol. The van der Waals surface area contributed by atoms with Crippen molar-refractivity contribution in [1.82, 2.24) is 49.4 Å². The largest absolute Gasteiger partial charge is 0.483 e. The van der Waals surface area contributed by atoms with Gasteiger partial charge in [0.05, 0.1) is 4.92 Å². The number of nitro groups is 1. The van der Waals surface area contributed by atoms with Crippen molar-refractivity contribution in [2.45, 2.75) is 66.5 Å². The Kier molecular flexibility index (Phi) is 20.8. The van der Waals surface area contributed by atoms with E-state index in [2.05, 4.69) is 73.2 Å². The average Bonchev–Trinajstić information content (AvgIpc) is 4.30. The van der Waals surface area contributed by atoms with E-state index < -0.39 is 11.0 Å². The Bertz CT molecular complexity index is 2860. The van der Waals surface area contributed by atoms with E-state index in [-0.39, 0.29) is 60.1 Å². The highest BCUT2D eigenvalue weighted by atomic mass is 16.6. The van der Waals surface area contributed by atoms with Crippen molar-refractivity contribution in [3.8, 4) is 17.2 Å². The number of nitrogens with one attached hydrogen (secondary N) is 3. The maximum absolute atomic E-state index is 12.8. The monoisotopic (exact) mass is 1080 g/mol. The Hall–Kier alpha value is -8.22. The van der Waals surface area contributed by atoms with E-state index in [1.807, 2.05) is 22.8 Å². The summed E-state index contributed by atoms with van der Waals surface area (Å²) in [7, 11) is 0. The van der Waals surface area contributed by atoms with Crippen LogP contribution in [0.1, 0.15) is 61.8 Å². The molecule has 0 saturated carbocycles. The van der Waals surface area contributed by atoms with Crippen LogP contribution in [0.25, 0.3) is 0 Å². The smallest absolute Gasteiger partial charge is 0.440 e. The van der Waals surface area contributed by atoms with Gasteiger partial charge in [0.25, 0.3) is 17.5 Å². The Balaban J connectivity index is 0.000000177. The zero-order valence-corrected chi connectivity index (χ0v) is 44.7. The number of non-ortho nitro benzene ring substituents is 1. The second-order valence-electron chi connectivity index (χ2n) is 19.3. The third-order valence-electron chi connectivity index (χ3n) is 13.1. The number of rotatable bonds is 14. The van der Waals surface area contributed by atoms with Gasteiger partial charge in [-0.2, -0.15) is 9.36 Å². The summed E-state index contributed by atoms with van der Waals surface area (Å²) < 4.78 is 19.0. The molecule has 0 aliphatic carbocycles. The minimum absolute atomic E-state index is 0.0392. The van der Waals surface area contributed by atoms with E-state index in [0.717, 1.165) is 117 Å². The molecular weight excluding hydrogens is 1010 g/mol. The molecule has 3 aromatic carbocycles. The van der Waals surface area contributed by atoms with Gasteiger partial charge >= 0.3 is 12.1 Å². The molecule has 5 amide bonds. The van der Waals surface area contributed by atoms with Crippen molar-refractivity contribution in [1.29, 1.82) is 0 Å². The van der Waals surface area contributed by atoms with Gasteiger partial charge in [-0.15, -0.1) is 10.2 Å². The van der Waals surface area contributed by atoms with Crippen LogP contribution < -0.4 is 30.2 Å². The summed E-state index contributed by atoms with van der Waals surface area (Å²) in [6.07, 6.45) is 6.42. The quantitative estimate of drug-likeness (QED) is 0.0961. The number of amides is 5. The van der Waals surface area contributed by atoms with E-state index in [1.54, 1.807) is 17.2 Å². The molecule has 3 N–H and O–H groups in total. The molecule has 24 nitrogen and oxygen atoms in total. The number of nitrogens with zero attached hydrogens (tertiary/aromatic N) is 10. The second-order valence-corrected chi connectivity index (χ2v) is 19.3. The minimum Gasteiger partial charge on any atom is -0.483 e. The normalized spacial score (nSPS) is 15.5. The third-order valence-corrected chi connectivity index (χ3v) is 13.1. The standard InChI is InChI=1S/C24H32N6O4.C18H27N3O2.C12H10N4O5/c1-18-5-6-20(21(15-18)34-17-23(32)28-8-3-4-9-28)16-27-11-13-29(14-12-27)24(33)30-10-7-22(26-30)25-19(2)31;1-15-4-5-16(13-20-10-6-19-7-11-20)17(12-15)23-14-18(22)21-8-2-3-9-21;1-8(17)13-11-6-7-15(14-11)12(18)21-10-4-2-9(3-5-10)16(19)20/h5-7,10,15H,3-4,8-9,11-14,16-17H2,1-2H3,(H,25,26,31);4-5,12,19H,2-3,6-11,13-14H2,1H3;2-7H,1H3,(H,13,14,17). The zero-order valence-electron chi connectivity index (χ0n) is 44.7. The molecular formula is C54H69N13O11. The van der Waals surface area contributed by atoms with Crippen LogP contribution in [0.5, 0.6) is 17.2 Å². The van der Waals surface area contributed by atoms with Crippen molar-refractivity contribution < 1.29 is 47.9 Å². The molecule has 6 heterocycles. The predicted molar refractivity (Wildman–Crippen MR) is 288 cm³/mol. The number of carbonyl (C=O) groups is 6. The fourth-order valence-corrected chi connectivity index (χ4v) is 8.97. The molecule has 24 heteroatoms. The van der Waals surface area contributed by atoms with E-state index in [1.165, 1.54) is 60.6 Å². The van der Waals surface area contributed by atoms with E-state index >= 15 is 0 Å². The number of nitro benzene ring substituents is 1. The summed E-state index contributed by atoms with van der Waals surface area (Å²) in [6.45, 7) is 18.7. The minimum atomic E-state index is -0.805. The van der Waals surface area contributed by atoms with Crippen molar-refractivity contribution in [2.24, 2.45) is 0 Å². The number of anilines is 2. The van der Waals surface area contributed by atoms with Gasteiger partial charge < -0.3 is 44.9 Å². The zero-order chi connectivity index (χ0) is 55.6. The number of piperazine rings is 2. The first kappa shape index (κ1) is 57.5. The lowest BCUT2D eigenvalue weighted by atomic mass is 10.1. The lowest BCUT2D eigenvalue weighted by molar-refractivity contribution is -0.384. The highest BCUT2D eigenvalue weighted by Crippen LogP contribution is 2.25. The summed E-state index contributed by atoms with van der Waals surface area (Å²) in [5.74, 6) is 1.91. The molecule has 4 aliphatic rings. The molecule has 0 unspecified atom stereocenters. The number of hydrogen-bond acceptors (Lipinski definition) is 16. The first-order chi connectivity index (χ1) is 37.6. The molecule has 0 bridgehead atoms. The molecule has 0 spiro atoms. The van der Waals surface area contributed by atoms with Crippen LogP contribution in [0.4, 0.5) is 26.9 Å². The molecule has 78 heavy (non-hydrogen) atoms. The van der Waals surface area contributed by atoms with E-state index in [0.29, 0.717) is 38.5 Å². The van der Waals surface area contributed by atoms with Gasteiger partial charge in [-0.3, -0.25) is 39.1 Å². The summed E-state index contributed by atoms with van der Waals surface area (Å²) in [5, 5.41) is 26.8. The fourth-order valence-electron chi connectivity index (χ4n) is 8.97. The van der Waals surface area contributed by atoms with Gasteiger partial charge in [0.2, 0.25) is 11.8 Å². The summed E-state index contributed by atoms with van der Waals surface area (Å²) >= 11 is 0. The topological polar surface area (TPSA) is 261 Å². The number of ether oxygens (including phenoxy) is 3. The van der Waals surface area contributed by atoms with E-state index in [4.69, 9.17) is 14.2 Å². The molecule has 0 atom stereocenters. The first-order valence-corrected chi connectivity index (χ1v) is 26.1. The molecule has 5 aromatic rings. The van der Waals surface area contributed by atoms with Gasteiger partial charge in [-0.1, -0.05) is 24.3 Å². The molecule has 0 radical (unpaired) electrons. The van der Waals surface area contributed by atoms with Crippen LogP contribution in [0.15, 0.2) is 85.2 Å². The maximum Gasteiger partial charge on any atom is 0.440 e. The van der Waals surface area contributed by atoms with Crippen molar-refractivity contribution in [3.05, 3.63) is 118 Å². The van der Waals surface area contributed by atoms with Gasteiger partial charge in [0.15, 0.2) is 24.8 Å². The van der Waals surface area contributed by atoms with Crippen LogP contribution >= 0.6 is 0 Å². The summed E-state index contributed by atoms with van der Waals surface area (Å²) in [4.78, 5) is 91.3. The lowest BCUT2D eigenvalue weighted by Gasteiger charge is -2.34. The van der Waals surface area contributed by atoms with Crippen LogP contribution in [0.2, 0.25) is 0 Å². The summed E-state index contributed by atoms with van der Waals surface area (Å²) in [5.41, 5.74) is 4.35. The molecule has 4 aliphatic heterocycles. The van der Waals surface area contributed by atoms with Crippen LogP contribution in [-0.4, -0.2) is 176 Å². The van der Waals surface area contributed by atoms with Crippen LogP contribution in [-0.2, 0) is 32.3 Å². The first-order valence-electron chi connectivity index (χ1n) is 26.1. The summed E-state index contributed by atoms with van der Waals surface area (Å²) in [6, 6.07) is 20.2. The Morgan fingerprint density at radius 2 is 1.05 bits per heavy atom. The molecule has 2 aromatic heterocycles. The molecule has 4 fully saturated rings. The Labute approximate surface area is 452 Å². The second kappa shape index (κ2) is 28.2. The van der Waals surface area contributed by atoms with Crippen molar-refractivity contribution in [3.63, 3.8) is 0 Å². The number of benzene rings is 3. The predicted octanol–water partition coefficient (Wildman–Crippen LogP) is 5.14. The van der Waals surface area contributed by atoms with Crippen LogP contribution in [0, 0.1) is 24.0 Å². The van der Waals surface area contributed by atoms with Gasteiger partial charge in [0, 0.05) is 153 Å². The maximum atomic E-state index is 12.8. The van der Waals surface area contributed by atoms with Gasteiger partial charge in [-0.25, -0.2) is 9.59 Å². The molecule has 9 rings (SSSR count). The number of aryl methyl sites for hydroxylation is 2. The highest BCUT2D eigenvalue weighted by molar-refractivity contribution is 5.88. The van der Waals surface area contributed by atoms with Gasteiger partial charge in [0.1, 0.15) is 17.2 Å². The van der Waals surface area contributed by atoms with Crippen molar-refractivity contribution >= 4 is 53.1 Å². The third kappa shape index (κ3) is 17.4. The number of carbonyl (C=O) groups excluding carboxylic acids is 6. The molecule has 4 saturated heterocycles. The SMILES string of the molecule is CC(=O)Nc1ccn(C(=O)N2CCN(Cc3ccc(C)cc3OCC(=O)N3CCCC3)CC2)n1.CC(=O)Nc1ccn(C(=O)Oc2ccc([N+](=O)[O-])cc2)n1.Cc1ccc(CN2CCNCC2)c(OCC(=O)N2CCCC2)c1. The van der Waals surface area contributed by atoms with E-state index in [9.17, 15) is 38.9 Å². The number of hydrogen-bond donors (Lipinski definition) is 3. The fraction of sp³-hybridized carbons (Fsp3) is 0.444. The lowest BCUT2D eigenvalue weighted by Crippen LogP contribution is -2.49. The number of likely N-dealkylation sites (tertiary alicyclic amines) is 2. The van der Waals surface area contributed by atoms with Crippen LogP contribution in [0.3, 0.4) is 0 Å². The van der Waals surface area contributed by atoms with Gasteiger partial charge in [-0.05, 0) is 74.9 Å². The Morgan fingerprint density at radius 3 is 1.53 bits per heavy atom. The Morgan fingerprint density at radius 1 is 0.590 bits per heavy atom. The highest BCUT2D eigenvalue weighted by Gasteiger charge is 2.25. The molecule has 416 valence electrons. The number of aromatic nitrogens is 4. The van der Waals surface area contributed by atoms with Crippen molar-refractivity contribution in [2.75, 3.05) is 102 Å².